The van der Waals surface area contributed by atoms with E-state index in [0.717, 1.165) is 0 Å². The third-order valence-corrected chi connectivity index (χ3v) is 3.55. The smallest absolute Gasteiger partial charge is 0.153 e. The fourth-order valence-corrected chi connectivity index (χ4v) is 2.40. The molecule has 1 aliphatic heterocycles. The Labute approximate surface area is 70.7 Å². The Morgan fingerprint density at radius 2 is 2.17 bits per heavy atom. The molecule has 2 N–H and O–H groups in total. The third kappa shape index (κ3) is 2.69. The van der Waals surface area contributed by atoms with Crippen LogP contribution in [0.3, 0.4) is 0 Å². The molecule has 72 valence electrons. The summed E-state index contributed by atoms with van der Waals surface area (Å²) >= 11 is 0. The number of sulfone groups is 1. The van der Waals surface area contributed by atoms with Crippen LogP contribution in [0, 0.1) is 0 Å². The minimum absolute atomic E-state index is 0.101. The van der Waals surface area contributed by atoms with Crippen LogP contribution in [-0.2, 0) is 9.84 Å². The zero-order chi connectivity index (χ0) is 9.19. The molecule has 1 aliphatic rings. The van der Waals surface area contributed by atoms with E-state index in [1.165, 1.54) is 0 Å². The van der Waals surface area contributed by atoms with Crippen molar-refractivity contribution in [2.45, 2.75) is 12.1 Å². The first kappa shape index (κ1) is 9.88. The molecule has 0 aromatic rings. The van der Waals surface area contributed by atoms with Crippen molar-refractivity contribution in [3.63, 3.8) is 0 Å². The van der Waals surface area contributed by atoms with E-state index in [-0.39, 0.29) is 24.1 Å². The maximum Gasteiger partial charge on any atom is 0.153 e. The van der Waals surface area contributed by atoms with Crippen LogP contribution >= 0.6 is 0 Å². The van der Waals surface area contributed by atoms with Crippen LogP contribution < -0.4 is 5.32 Å². The van der Waals surface area contributed by atoms with Crippen molar-refractivity contribution in [2.24, 2.45) is 0 Å². The Morgan fingerprint density at radius 1 is 1.58 bits per heavy atom. The highest BCUT2D eigenvalue weighted by molar-refractivity contribution is 7.92. The minimum Gasteiger partial charge on any atom is -0.389 e. The monoisotopic (exact) mass is 197 g/mol. The van der Waals surface area contributed by atoms with Crippen molar-refractivity contribution in [3.8, 4) is 0 Å². The van der Waals surface area contributed by atoms with Crippen molar-refractivity contribution >= 4 is 9.84 Å². The Balaban J connectivity index is 2.12. The molecule has 1 saturated heterocycles. The second-order valence-corrected chi connectivity index (χ2v) is 5.14. The van der Waals surface area contributed by atoms with E-state index in [9.17, 15) is 12.8 Å². The van der Waals surface area contributed by atoms with Gasteiger partial charge in [0.2, 0.25) is 0 Å². The Hall–Kier alpha value is -0.200. The fraction of sp³-hybridized carbons (Fsp3) is 1.00. The summed E-state index contributed by atoms with van der Waals surface area (Å²) in [5.41, 5.74) is 0. The molecule has 0 aromatic heterocycles. The van der Waals surface area contributed by atoms with Crippen LogP contribution in [0.25, 0.3) is 0 Å². The number of aliphatic hydroxyl groups excluding tert-OH is 1. The number of aliphatic hydroxyl groups is 1. The predicted octanol–water partition coefficient (Wildman–Crippen LogP) is -1.30. The van der Waals surface area contributed by atoms with Gasteiger partial charge in [0.05, 0.1) is 17.6 Å². The molecule has 1 fully saturated rings. The summed E-state index contributed by atoms with van der Waals surface area (Å²) in [5, 5.41) is 11.5. The first-order valence-electron chi connectivity index (χ1n) is 3.71. The van der Waals surface area contributed by atoms with Gasteiger partial charge in [0.25, 0.3) is 0 Å². The highest BCUT2D eigenvalue weighted by Gasteiger charge is 2.32. The van der Waals surface area contributed by atoms with E-state index in [4.69, 9.17) is 5.11 Å². The van der Waals surface area contributed by atoms with Gasteiger partial charge in [-0.05, 0) is 0 Å². The van der Waals surface area contributed by atoms with Gasteiger partial charge in [-0.15, -0.1) is 0 Å². The lowest BCUT2D eigenvalue weighted by Crippen LogP contribution is -2.52. The molecule has 12 heavy (non-hydrogen) atoms. The van der Waals surface area contributed by atoms with Gasteiger partial charge in [-0.3, -0.25) is 0 Å². The van der Waals surface area contributed by atoms with E-state index < -0.39 is 22.6 Å². The standard InChI is InChI=1S/C6H12FNO3S/c7-1-6(9)2-8-5-3-12(10,11)4-5/h5-6,8-9H,1-4H2. The maximum atomic E-state index is 11.7. The van der Waals surface area contributed by atoms with Crippen molar-refractivity contribution in [1.82, 2.24) is 5.32 Å². The summed E-state index contributed by atoms with van der Waals surface area (Å²) in [5.74, 6) is 0.206. The predicted molar refractivity (Wildman–Crippen MR) is 42.4 cm³/mol. The highest BCUT2D eigenvalue weighted by atomic mass is 32.2. The van der Waals surface area contributed by atoms with Gasteiger partial charge in [-0.2, -0.15) is 0 Å². The summed E-state index contributed by atoms with van der Waals surface area (Å²) in [4.78, 5) is 0. The second kappa shape index (κ2) is 3.68. The van der Waals surface area contributed by atoms with Crippen molar-refractivity contribution in [3.05, 3.63) is 0 Å². The Kier molecular flexibility index (Phi) is 3.03. The average molecular weight is 197 g/mol. The molecule has 0 saturated carbocycles. The molecule has 6 heteroatoms. The fourth-order valence-electron chi connectivity index (χ4n) is 1.04. The molecular weight excluding hydrogens is 185 g/mol. The summed E-state index contributed by atoms with van der Waals surface area (Å²) in [6, 6.07) is -0.101. The summed E-state index contributed by atoms with van der Waals surface area (Å²) in [6.07, 6.45) is -1.02. The molecule has 0 aliphatic carbocycles. The molecule has 1 rings (SSSR count). The van der Waals surface area contributed by atoms with Crippen LogP contribution in [0.5, 0.6) is 0 Å². The van der Waals surface area contributed by atoms with Gasteiger partial charge in [-0.1, -0.05) is 0 Å². The molecule has 1 unspecified atom stereocenters. The maximum absolute atomic E-state index is 11.7. The third-order valence-electron chi connectivity index (χ3n) is 1.73. The topological polar surface area (TPSA) is 66.4 Å². The van der Waals surface area contributed by atoms with Gasteiger partial charge < -0.3 is 10.4 Å². The van der Waals surface area contributed by atoms with Crippen molar-refractivity contribution < 1.29 is 17.9 Å². The van der Waals surface area contributed by atoms with Gasteiger partial charge in [0, 0.05) is 12.6 Å². The van der Waals surface area contributed by atoms with Crippen LogP contribution in [-0.4, -0.2) is 50.4 Å². The number of rotatable bonds is 4. The summed E-state index contributed by atoms with van der Waals surface area (Å²) in [6.45, 7) is -0.677. The molecule has 1 heterocycles. The van der Waals surface area contributed by atoms with Crippen LogP contribution in [0.1, 0.15) is 0 Å². The molecular formula is C6H12FNO3S. The van der Waals surface area contributed by atoms with Gasteiger partial charge in [-0.25, -0.2) is 12.8 Å². The zero-order valence-corrected chi connectivity index (χ0v) is 7.35. The van der Waals surface area contributed by atoms with Gasteiger partial charge in [0.15, 0.2) is 9.84 Å². The minimum atomic E-state index is -2.82. The SMILES string of the molecule is O=S1(=O)CC(NCC(O)CF)C1. The normalized spacial score (nSPS) is 24.8. The Morgan fingerprint density at radius 3 is 2.58 bits per heavy atom. The molecule has 0 spiro atoms. The van der Waals surface area contributed by atoms with E-state index in [1.54, 1.807) is 0 Å². The number of hydrogen-bond acceptors (Lipinski definition) is 4. The van der Waals surface area contributed by atoms with E-state index in [1.807, 2.05) is 0 Å². The Bertz CT molecular complexity index is 229. The molecule has 1 atom stereocenters. The second-order valence-electron chi connectivity index (χ2n) is 2.99. The van der Waals surface area contributed by atoms with E-state index in [2.05, 4.69) is 5.32 Å². The number of nitrogens with one attached hydrogen (secondary N) is 1. The van der Waals surface area contributed by atoms with E-state index >= 15 is 0 Å². The van der Waals surface area contributed by atoms with Gasteiger partial charge >= 0.3 is 0 Å². The van der Waals surface area contributed by atoms with Crippen molar-refractivity contribution in [2.75, 3.05) is 24.7 Å². The molecule has 0 radical (unpaired) electrons. The molecule has 0 aromatic carbocycles. The largest absolute Gasteiger partial charge is 0.389 e. The van der Waals surface area contributed by atoms with Crippen LogP contribution in [0.4, 0.5) is 4.39 Å². The van der Waals surface area contributed by atoms with Crippen LogP contribution in [0.15, 0.2) is 0 Å². The first-order chi connectivity index (χ1) is 5.53. The lowest BCUT2D eigenvalue weighted by molar-refractivity contribution is 0.135. The zero-order valence-electron chi connectivity index (χ0n) is 6.53. The average Bonchev–Trinajstić information content (AvgIpc) is 1.96. The number of alkyl halides is 1. The summed E-state index contributed by atoms with van der Waals surface area (Å²) in [7, 11) is -2.82. The lowest BCUT2D eigenvalue weighted by atomic mass is 10.3. The van der Waals surface area contributed by atoms with Crippen LogP contribution in [0.2, 0.25) is 0 Å². The van der Waals surface area contributed by atoms with Crippen molar-refractivity contribution in [1.29, 1.82) is 0 Å². The van der Waals surface area contributed by atoms with E-state index in [0.29, 0.717) is 0 Å². The molecule has 0 bridgehead atoms. The lowest BCUT2D eigenvalue weighted by Gasteiger charge is -2.27. The summed E-state index contributed by atoms with van der Waals surface area (Å²) < 4.78 is 33.0. The number of halogens is 1. The highest BCUT2D eigenvalue weighted by Crippen LogP contribution is 2.09. The number of hydrogen-bond donors (Lipinski definition) is 2. The molecule has 4 nitrogen and oxygen atoms in total. The quantitative estimate of drug-likeness (QED) is 0.588. The van der Waals surface area contributed by atoms with Gasteiger partial charge in [0.1, 0.15) is 6.67 Å². The molecule has 0 amide bonds. The first-order valence-corrected chi connectivity index (χ1v) is 5.53.